The van der Waals surface area contributed by atoms with Crippen LogP contribution < -0.4 is 5.32 Å². The number of aromatic hydroxyl groups is 1. The zero-order valence-corrected chi connectivity index (χ0v) is 9.19. The van der Waals surface area contributed by atoms with Crippen molar-refractivity contribution in [3.05, 3.63) is 29.6 Å². The Kier molecular flexibility index (Phi) is 4.36. The van der Waals surface area contributed by atoms with Gasteiger partial charge < -0.3 is 10.4 Å². The second kappa shape index (κ2) is 5.33. The first-order chi connectivity index (χ1) is 6.77. The van der Waals surface area contributed by atoms with Gasteiger partial charge in [-0.2, -0.15) is 0 Å². The smallest absolute Gasteiger partial charge is 0.165 e. The minimum atomic E-state index is -0.533. The molecule has 4 heteroatoms. The third-order valence-electron chi connectivity index (χ3n) is 2.68. The predicted octanol–water partition coefficient (Wildman–Crippen LogP) is 2.77. The topological polar surface area (TPSA) is 32.3 Å². The number of piperidine rings is 1. The van der Waals surface area contributed by atoms with E-state index in [2.05, 4.69) is 5.32 Å². The molecule has 0 unspecified atom stereocenters. The molecule has 1 fully saturated rings. The maximum atomic E-state index is 13.1. The standard InChI is InChI=1S/C11H14FNO.ClH/c12-9-7-8(4-5-11(9)14)10-3-1-2-6-13-10;/h4-5,7,10,13-14H,1-3,6H2;1H/t10-;/m0./s1. The fourth-order valence-electron chi connectivity index (χ4n) is 1.88. The molecule has 1 heterocycles. The molecule has 1 aromatic carbocycles. The molecule has 1 saturated heterocycles. The molecule has 2 N–H and O–H groups in total. The second-order valence-corrected chi connectivity index (χ2v) is 3.71. The number of hydrogen-bond acceptors (Lipinski definition) is 2. The zero-order chi connectivity index (χ0) is 9.97. The van der Waals surface area contributed by atoms with Crippen molar-refractivity contribution in [1.82, 2.24) is 5.32 Å². The van der Waals surface area contributed by atoms with Gasteiger partial charge in [0, 0.05) is 6.04 Å². The van der Waals surface area contributed by atoms with E-state index in [-0.39, 0.29) is 24.2 Å². The molecule has 0 aliphatic carbocycles. The third kappa shape index (κ3) is 2.83. The van der Waals surface area contributed by atoms with E-state index in [9.17, 15) is 4.39 Å². The van der Waals surface area contributed by atoms with Gasteiger partial charge in [-0.15, -0.1) is 12.4 Å². The van der Waals surface area contributed by atoms with E-state index in [1.807, 2.05) is 0 Å². The largest absolute Gasteiger partial charge is 0.505 e. The Morgan fingerprint density at radius 1 is 1.33 bits per heavy atom. The van der Waals surface area contributed by atoms with Crippen LogP contribution in [0.15, 0.2) is 18.2 Å². The van der Waals surface area contributed by atoms with E-state index < -0.39 is 5.82 Å². The van der Waals surface area contributed by atoms with Gasteiger partial charge >= 0.3 is 0 Å². The van der Waals surface area contributed by atoms with Crippen molar-refractivity contribution < 1.29 is 9.50 Å². The van der Waals surface area contributed by atoms with Gasteiger partial charge in [-0.25, -0.2) is 4.39 Å². The highest BCUT2D eigenvalue weighted by Gasteiger charge is 2.15. The monoisotopic (exact) mass is 231 g/mol. The number of halogens is 2. The number of hydrogen-bond donors (Lipinski definition) is 2. The molecular formula is C11H15ClFNO. The van der Waals surface area contributed by atoms with Gasteiger partial charge in [0.1, 0.15) is 0 Å². The molecule has 0 saturated carbocycles. The first-order valence-electron chi connectivity index (χ1n) is 4.99. The summed E-state index contributed by atoms with van der Waals surface area (Å²) >= 11 is 0. The highest BCUT2D eigenvalue weighted by molar-refractivity contribution is 5.85. The number of nitrogens with one attached hydrogen (secondary N) is 1. The van der Waals surface area contributed by atoms with Crippen LogP contribution in [0.3, 0.4) is 0 Å². The van der Waals surface area contributed by atoms with Crippen LogP contribution in [0.4, 0.5) is 4.39 Å². The summed E-state index contributed by atoms with van der Waals surface area (Å²) < 4.78 is 13.1. The molecule has 1 aliphatic heterocycles. The maximum absolute atomic E-state index is 13.1. The number of rotatable bonds is 1. The van der Waals surface area contributed by atoms with Gasteiger partial charge in [-0.05, 0) is 37.1 Å². The van der Waals surface area contributed by atoms with Gasteiger partial charge in [0.15, 0.2) is 11.6 Å². The Labute approximate surface area is 94.9 Å². The molecule has 2 nitrogen and oxygen atoms in total. The maximum Gasteiger partial charge on any atom is 0.165 e. The van der Waals surface area contributed by atoms with Crippen LogP contribution >= 0.6 is 12.4 Å². The van der Waals surface area contributed by atoms with E-state index in [4.69, 9.17) is 5.11 Å². The lowest BCUT2D eigenvalue weighted by atomic mass is 9.97. The Hall–Kier alpha value is -0.800. The van der Waals surface area contributed by atoms with Crippen LogP contribution in [0.1, 0.15) is 30.9 Å². The second-order valence-electron chi connectivity index (χ2n) is 3.71. The number of benzene rings is 1. The summed E-state index contributed by atoms with van der Waals surface area (Å²) in [4.78, 5) is 0. The highest BCUT2D eigenvalue weighted by Crippen LogP contribution is 2.26. The molecule has 2 rings (SSSR count). The van der Waals surface area contributed by atoms with E-state index in [0.29, 0.717) is 0 Å². The first-order valence-corrected chi connectivity index (χ1v) is 4.99. The third-order valence-corrected chi connectivity index (χ3v) is 2.68. The van der Waals surface area contributed by atoms with Crippen molar-refractivity contribution in [2.75, 3.05) is 6.54 Å². The van der Waals surface area contributed by atoms with Crippen molar-refractivity contribution in [2.24, 2.45) is 0 Å². The highest BCUT2D eigenvalue weighted by atomic mass is 35.5. The minimum Gasteiger partial charge on any atom is -0.505 e. The summed E-state index contributed by atoms with van der Waals surface area (Å²) in [5, 5.41) is 12.4. The van der Waals surface area contributed by atoms with Gasteiger partial charge in [0.25, 0.3) is 0 Å². The van der Waals surface area contributed by atoms with Crippen LogP contribution in [-0.4, -0.2) is 11.7 Å². The number of phenolic OH excluding ortho intramolecular Hbond substituents is 1. The van der Waals surface area contributed by atoms with Gasteiger partial charge in [-0.1, -0.05) is 12.5 Å². The zero-order valence-electron chi connectivity index (χ0n) is 8.37. The molecule has 1 aliphatic rings. The van der Waals surface area contributed by atoms with Crippen LogP contribution in [0, 0.1) is 5.82 Å². The fourth-order valence-corrected chi connectivity index (χ4v) is 1.88. The van der Waals surface area contributed by atoms with E-state index in [1.165, 1.54) is 25.0 Å². The average molecular weight is 232 g/mol. The van der Waals surface area contributed by atoms with Crippen LogP contribution in [0.2, 0.25) is 0 Å². The Morgan fingerprint density at radius 2 is 2.13 bits per heavy atom. The van der Waals surface area contributed by atoms with Crippen LogP contribution in [0.5, 0.6) is 5.75 Å². The molecule has 1 aromatic rings. The lowest BCUT2D eigenvalue weighted by Gasteiger charge is -2.23. The number of phenols is 1. The molecule has 0 radical (unpaired) electrons. The molecule has 0 aromatic heterocycles. The van der Waals surface area contributed by atoms with Crippen molar-refractivity contribution in [2.45, 2.75) is 25.3 Å². The van der Waals surface area contributed by atoms with Crippen LogP contribution in [0.25, 0.3) is 0 Å². The normalized spacial score (nSPS) is 20.7. The molecule has 1 atom stereocenters. The Balaban J connectivity index is 0.00000112. The summed E-state index contributed by atoms with van der Waals surface area (Å²) in [6.07, 6.45) is 3.42. The summed E-state index contributed by atoms with van der Waals surface area (Å²) in [7, 11) is 0. The molecular weight excluding hydrogens is 217 g/mol. The lowest BCUT2D eigenvalue weighted by molar-refractivity contribution is 0.405. The predicted molar refractivity (Wildman–Crippen MR) is 59.9 cm³/mol. The summed E-state index contributed by atoms with van der Waals surface area (Å²) in [5.74, 6) is -0.806. The van der Waals surface area contributed by atoms with Crippen molar-refractivity contribution in [3.63, 3.8) is 0 Å². The molecule has 0 bridgehead atoms. The van der Waals surface area contributed by atoms with Crippen molar-refractivity contribution >= 4 is 12.4 Å². The lowest BCUT2D eigenvalue weighted by Crippen LogP contribution is -2.26. The van der Waals surface area contributed by atoms with E-state index in [1.54, 1.807) is 6.07 Å². The van der Waals surface area contributed by atoms with Gasteiger partial charge in [0.2, 0.25) is 0 Å². The van der Waals surface area contributed by atoms with Crippen LogP contribution in [-0.2, 0) is 0 Å². The summed E-state index contributed by atoms with van der Waals surface area (Å²) in [6, 6.07) is 4.86. The fraction of sp³-hybridized carbons (Fsp3) is 0.455. The van der Waals surface area contributed by atoms with Gasteiger partial charge in [-0.3, -0.25) is 0 Å². The van der Waals surface area contributed by atoms with E-state index >= 15 is 0 Å². The summed E-state index contributed by atoms with van der Waals surface area (Å²) in [6.45, 7) is 0.993. The first kappa shape index (κ1) is 12.3. The van der Waals surface area contributed by atoms with Crippen molar-refractivity contribution in [1.29, 1.82) is 0 Å². The molecule has 84 valence electrons. The minimum absolute atomic E-state index is 0. The van der Waals surface area contributed by atoms with Crippen molar-refractivity contribution in [3.8, 4) is 5.75 Å². The SMILES string of the molecule is Cl.Oc1ccc([C@@H]2CCCCN2)cc1F. The summed E-state index contributed by atoms with van der Waals surface area (Å²) in [5.41, 5.74) is 0.931. The van der Waals surface area contributed by atoms with Gasteiger partial charge in [0.05, 0.1) is 0 Å². The average Bonchev–Trinajstić information content (AvgIpc) is 2.23. The Bertz CT molecular complexity index is 326. The quantitative estimate of drug-likeness (QED) is 0.779. The van der Waals surface area contributed by atoms with E-state index in [0.717, 1.165) is 18.5 Å². The molecule has 0 amide bonds. The molecule has 0 spiro atoms. The Morgan fingerprint density at radius 3 is 2.73 bits per heavy atom. The molecule has 15 heavy (non-hydrogen) atoms.